The number of fused-ring (bicyclic) bond motifs is 1. The van der Waals surface area contributed by atoms with Gasteiger partial charge in [0.15, 0.2) is 0 Å². The number of hydrogen-bond donors (Lipinski definition) is 3. The van der Waals surface area contributed by atoms with Crippen LogP contribution in [0.3, 0.4) is 0 Å². The summed E-state index contributed by atoms with van der Waals surface area (Å²) in [6.45, 7) is 7.63. The molecule has 3 amide bonds. The number of likely N-dealkylation sites (N-methyl/N-ethyl adjacent to an activating group) is 1. The Hall–Kier alpha value is -2.85. The molecule has 4 atom stereocenters. The Morgan fingerprint density at radius 2 is 1.91 bits per heavy atom. The normalized spacial score (nSPS) is 24.4. The molecule has 3 heterocycles. The van der Waals surface area contributed by atoms with E-state index in [1.807, 2.05) is 57.2 Å². The van der Waals surface area contributed by atoms with Crippen LogP contribution in [0.5, 0.6) is 0 Å². The third-order valence-electron chi connectivity index (χ3n) is 6.66. The van der Waals surface area contributed by atoms with E-state index in [2.05, 4.69) is 21.0 Å². The molecule has 0 spiro atoms. The quantitative estimate of drug-likeness (QED) is 0.565. The fraction of sp³-hybridized carbons (Fsp3) is 0.520. The van der Waals surface area contributed by atoms with Crippen LogP contribution in [0.25, 0.3) is 5.69 Å². The summed E-state index contributed by atoms with van der Waals surface area (Å²) < 4.78 is 1.20. The van der Waals surface area contributed by atoms with Crippen molar-refractivity contribution in [2.24, 2.45) is 0 Å². The molecule has 0 saturated carbocycles. The van der Waals surface area contributed by atoms with Crippen LogP contribution in [0.4, 0.5) is 5.82 Å². The summed E-state index contributed by atoms with van der Waals surface area (Å²) in [5.74, 6) is -0.127. The minimum Gasteiger partial charge on any atom is -0.343 e. The SMILES string of the molecule is CN[C@@H](C)C(=O)N[C@H]1CCC[C@@H]2SC(C)(C)[C@@H](C(=O)Nc3cc(C)nn3-c3ccccc3)N2C1=O. The number of nitrogens with zero attached hydrogens (tertiary/aromatic N) is 3. The first-order chi connectivity index (χ1) is 16.6. The van der Waals surface area contributed by atoms with Crippen LogP contribution < -0.4 is 16.0 Å². The number of hydrogen-bond acceptors (Lipinski definition) is 6. The zero-order chi connectivity index (χ0) is 25.3. The van der Waals surface area contributed by atoms with Gasteiger partial charge >= 0.3 is 0 Å². The van der Waals surface area contributed by atoms with Gasteiger partial charge in [0.25, 0.3) is 0 Å². The summed E-state index contributed by atoms with van der Waals surface area (Å²) in [6, 6.07) is 9.67. The van der Waals surface area contributed by atoms with Gasteiger partial charge in [0, 0.05) is 10.8 Å². The molecule has 2 saturated heterocycles. The van der Waals surface area contributed by atoms with E-state index in [0.29, 0.717) is 12.2 Å². The van der Waals surface area contributed by atoms with Gasteiger partial charge in [0.2, 0.25) is 17.7 Å². The standard InChI is InChI=1S/C25H34N6O3S/c1-15-14-19(31(29-15)17-10-7-6-8-11-17)28-23(33)21-25(3,4)35-20-13-9-12-18(24(34)30(20)21)27-22(32)16(2)26-5/h6-8,10-11,14,16,18,20-21,26H,9,12-13H2,1-5H3,(H,27,32)(H,28,33)/t16-,18-,20-,21+/m0/s1. The Kier molecular flexibility index (Phi) is 7.23. The number of aryl methyl sites for hydroxylation is 1. The Morgan fingerprint density at radius 1 is 1.20 bits per heavy atom. The molecule has 1 aromatic carbocycles. The first-order valence-corrected chi connectivity index (χ1v) is 12.9. The first-order valence-electron chi connectivity index (χ1n) is 12.0. The topological polar surface area (TPSA) is 108 Å². The zero-order valence-electron chi connectivity index (χ0n) is 20.9. The highest BCUT2D eigenvalue weighted by Gasteiger charge is 2.54. The van der Waals surface area contributed by atoms with Gasteiger partial charge in [-0.1, -0.05) is 18.2 Å². The van der Waals surface area contributed by atoms with E-state index in [4.69, 9.17) is 0 Å². The Morgan fingerprint density at radius 3 is 2.60 bits per heavy atom. The number of rotatable bonds is 6. The lowest BCUT2D eigenvalue weighted by Crippen LogP contribution is -2.58. The molecule has 2 fully saturated rings. The number of carbonyl (C=O) groups is 3. The van der Waals surface area contributed by atoms with Gasteiger partial charge < -0.3 is 20.9 Å². The van der Waals surface area contributed by atoms with Gasteiger partial charge in [-0.3, -0.25) is 14.4 Å². The van der Waals surface area contributed by atoms with Crippen LogP contribution in [-0.4, -0.2) is 67.7 Å². The van der Waals surface area contributed by atoms with Gasteiger partial charge in [-0.2, -0.15) is 5.10 Å². The number of amides is 3. The fourth-order valence-corrected chi connectivity index (χ4v) is 6.47. The van der Waals surface area contributed by atoms with Crippen molar-refractivity contribution in [1.82, 2.24) is 25.3 Å². The molecule has 4 rings (SSSR count). The molecule has 1 aromatic heterocycles. The molecule has 0 radical (unpaired) electrons. The molecule has 2 aliphatic rings. The van der Waals surface area contributed by atoms with Crippen LogP contribution in [0, 0.1) is 6.92 Å². The van der Waals surface area contributed by atoms with Gasteiger partial charge in [0.1, 0.15) is 17.9 Å². The van der Waals surface area contributed by atoms with Gasteiger partial charge in [-0.25, -0.2) is 4.68 Å². The molecule has 9 nitrogen and oxygen atoms in total. The maximum Gasteiger partial charge on any atom is 0.249 e. The predicted octanol–water partition coefficient (Wildman–Crippen LogP) is 2.44. The van der Waals surface area contributed by atoms with Crippen molar-refractivity contribution in [3.8, 4) is 5.69 Å². The zero-order valence-corrected chi connectivity index (χ0v) is 21.7. The maximum absolute atomic E-state index is 13.8. The van der Waals surface area contributed by atoms with Crippen LogP contribution in [0.1, 0.15) is 45.7 Å². The van der Waals surface area contributed by atoms with E-state index in [9.17, 15) is 14.4 Å². The summed E-state index contributed by atoms with van der Waals surface area (Å²) in [5, 5.41) is 13.3. The summed E-state index contributed by atoms with van der Waals surface area (Å²) in [6.07, 6.45) is 2.13. The molecule has 0 aliphatic carbocycles. The molecule has 188 valence electrons. The summed E-state index contributed by atoms with van der Waals surface area (Å²) in [5.41, 5.74) is 1.61. The van der Waals surface area contributed by atoms with Crippen molar-refractivity contribution in [1.29, 1.82) is 0 Å². The van der Waals surface area contributed by atoms with Gasteiger partial charge in [-0.15, -0.1) is 11.8 Å². The van der Waals surface area contributed by atoms with E-state index in [0.717, 1.165) is 24.2 Å². The summed E-state index contributed by atoms with van der Waals surface area (Å²) >= 11 is 1.65. The minimum absolute atomic E-state index is 0.113. The van der Waals surface area contributed by atoms with Crippen molar-refractivity contribution in [3.63, 3.8) is 0 Å². The first kappa shape index (κ1) is 25.2. The van der Waals surface area contributed by atoms with E-state index >= 15 is 0 Å². The molecule has 0 bridgehead atoms. The smallest absolute Gasteiger partial charge is 0.249 e. The number of para-hydroxylation sites is 1. The second-order valence-electron chi connectivity index (χ2n) is 9.73. The van der Waals surface area contributed by atoms with Crippen LogP contribution >= 0.6 is 11.8 Å². The number of carbonyl (C=O) groups excluding carboxylic acids is 3. The second-order valence-corrected chi connectivity index (χ2v) is 11.6. The summed E-state index contributed by atoms with van der Waals surface area (Å²) in [4.78, 5) is 41.7. The Balaban J connectivity index is 1.61. The monoisotopic (exact) mass is 498 g/mol. The highest BCUT2D eigenvalue weighted by molar-refractivity contribution is 8.01. The lowest BCUT2D eigenvalue weighted by molar-refractivity contribution is -0.142. The van der Waals surface area contributed by atoms with Crippen molar-refractivity contribution in [2.75, 3.05) is 12.4 Å². The van der Waals surface area contributed by atoms with Crippen molar-refractivity contribution >= 4 is 35.3 Å². The fourth-order valence-electron chi connectivity index (χ4n) is 4.79. The van der Waals surface area contributed by atoms with Crippen molar-refractivity contribution < 1.29 is 14.4 Å². The Labute approximate surface area is 210 Å². The van der Waals surface area contributed by atoms with E-state index in [-0.39, 0.29) is 23.1 Å². The molecule has 35 heavy (non-hydrogen) atoms. The molecule has 0 unspecified atom stereocenters. The average molecular weight is 499 g/mol. The minimum atomic E-state index is -0.691. The highest BCUT2D eigenvalue weighted by atomic mass is 32.2. The molecule has 10 heteroatoms. The average Bonchev–Trinajstić information content (AvgIpc) is 3.28. The van der Waals surface area contributed by atoms with Crippen LogP contribution in [0.2, 0.25) is 0 Å². The number of aromatic nitrogens is 2. The maximum atomic E-state index is 13.8. The van der Waals surface area contributed by atoms with E-state index < -0.39 is 22.9 Å². The van der Waals surface area contributed by atoms with Gasteiger partial charge in [0.05, 0.1) is 22.8 Å². The van der Waals surface area contributed by atoms with Crippen molar-refractivity contribution in [2.45, 2.75) is 75.2 Å². The molecule has 2 aromatic rings. The van der Waals surface area contributed by atoms with Gasteiger partial charge in [-0.05, 0) is 66.1 Å². The number of benzene rings is 1. The van der Waals surface area contributed by atoms with Crippen LogP contribution in [0.15, 0.2) is 36.4 Å². The highest BCUT2D eigenvalue weighted by Crippen LogP contribution is 2.48. The Bertz CT molecular complexity index is 1100. The molecular formula is C25H34N6O3S. The van der Waals surface area contributed by atoms with E-state index in [1.54, 1.807) is 35.3 Å². The largest absolute Gasteiger partial charge is 0.343 e. The second kappa shape index (κ2) is 10.0. The number of nitrogens with one attached hydrogen (secondary N) is 3. The summed E-state index contributed by atoms with van der Waals surface area (Å²) in [7, 11) is 1.71. The van der Waals surface area contributed by atoms with E-state index in [1.165, 1.54) is 0 Å². The van der Waals surface area contributed by atoms with Crippen LogP contribution in [-0.2, 0) is 14.4 Å². The number of anilines is 1. The van der Waals surface area contributed by atoms with Crippen molar-refractivity contribution in [3.05, 3.63) is 42.1 Å². The third-order valence-corrected chi connectivity index (χ3v) is 8.22. The lowest BCUT2D eigenvalue weighted by Gasteiger charge is -2.33. The number of thioether (sulfide) groups is 1. The predicted molar refractivity (Wildman–Crippen MR) is 137 cm³/mol. The lowest BCUT2D eigenvalue weighted by atomic mass is 9.99. The molecule has 2 aliphatic heterocycles. The molecule has 3 N–H and O–H groups in total. The third kappa shape index (κ3) is 5.08. The molecular weight excluding hydrogens is 464 g/mol.